The number of benzene rings is 1. The van der Waals surface area contributed by atoms with E-state index >= 15 is 0 Å². The molecule has 1 atom stereocenters. The smallest absolute Gasteiger partial charge is 0.253 e. The van der Waals surface area contributed by atoms with Gasteiger partial charge in [0, 0.05) is 17.1 Å². The van der Waals surface area contributed by atoms with E-state index in [0.717, 1.165) is 10.4 Å². The van der Waals surface area contributed by atoms with E-state index in [0.29, 0.717) is 5.56 Å². The minimum Gasteiger partial charge on any atom is -0.340 e. The van der Waals surface area contributed by atoms with Crippen molar-refractivity contribution in [2.24, 2.45) is 0 Å². The van der Waals surface area contributed by atoms with Crippen molar-refractivity contribution in [1.29, 1.82) is 0 Å². The van der Waals surface area contributed by atoms with Crippen molar-refractivity contribution in [2.75, 3.05) is 0 Å². The maximum absolute atomic E-state index is 13.1. The summed E-state index contributed by atoms with van der Waals surface area (Å²) in [5.74, 6) is -0.644. The van der Waals surface area contributed by atoms with Crippen molar-refractivity contribution in [2.45, 2.75) is 6.04 Å². The Balaban J connectivity index is 1.90. The lowest BCUT2D eigenvalue weighted by atomic mass is 10.0. The normalized spacial score (nSPS) is 11.9. The van der Waals surface area contributed by atoms with Crippen molar-refractivity contribution >= 4 is 17.2 Å². The van der Waals surface area contributed by atoms with Crippen LogP contribution in [0.25, 0.3) is 0 Å². The second-order valence-corrected chi connectivity index (χ2v) is 5.89. The molecule has 0 saturated carbocycles. The summed E-state index contributed by atoms with van der Waals surface area (Å²) >= 11 is 1.50. The zero-order valence-electron chi connectivity index (χ0n) is 12.0. The van der Waals surface area contributed by atoms with Crippen molar-refractivity contribution in [3.05, 3.63) is 92.3 Å². The number of pyridine rings is 1. The second kappa shape index (κ2) is 6.58. The van der Waals surface area contributed by atoms with Crippen LogP contribution in [0.15, 0.2) is 64.9 Å². The highest BCUT2D eigenvalue weighted by atomic mass is 32.1. The third-order valence-corrected chi connectivity index (χ3v) is 4.29. The molecular weight excluding hydrogens is 315 g/mol. The monoisotopic (exact) mass is 328 g/mol. The minimum absolute atomic E-state index is 0.269. The summed E-state index contributed by atoms with van der Waals surface area (Å²) in [6.45, 7) is 0. The van der Waals surface area contributed by atoms with E-state index in [1.54, 1.807) is 12.1 Å². The molecule has 0 unspecified atom stereocenters. The predicted molar refractivity (Wildman–Crippen MR) is 87.1 cm³/mol. The number of aromatic nitrogens is 1. The fraction of sp³-hybridized carbons (Fsp3) is 0.0588. The first-order valence-corrected chi connectivity index (χ1v) is 7.80. The molecular formula is C17H13FN2O2S. The number of H-pyrrole nitrogens is 1. The van der Waals surface area contributed by atoms with Gasteiger partial charge in [0.2, 0.25) is 5.56 Å². The number of carbonyl (C=O) groups excluding carboxylic acids is 1. The van der Waals surface area contributed by atoms with E-state index in [2.05, 4.69) is 10.3 Å². The van der Waals surface area contributed by atoms with E-state index < -0.39 is 0 Å². The highest BCUT2D eigenvalue weighted by Gasteiger charge is 2.19. The van der Waals surface area contributed by atoms with Gasteiger partial charge < -0.3 is 10.3 Å². The third-order valence-electron chi connectivity index (χ3n) is 3.35. The topological polar surface area (TPSA) is 62.0 Å². The SMILES string of the molecule is O=C(N[C@@H](c1ccc(F)cc1)c1cccs1)c1ccc(=O)[nH]c1. The lowest BCUT2D eigenvalue weighted by Crippen LogP contribution is -2.29. The van der Waals surface area contributed by atoms with E-state index in [1.807, 2.05) is 17.5 Å². The number of thiophene rings is 1. The summed E-state index contributed by atoms with van der Waals surface area (Å²) in [6, 6.07) is 12.2. The van der Waals surface area contributed by atoms with E-state index in [4.69, 9.17) is 0 Å². The number of amides is 1. The molecule has 6 heteroatoms. The van der Waals surface area contributed by atoms with E-state index in [1.165, 1.54) is 41.8 Å². The Kier molecular flexibility index (Phi) is 4.34. The van der Waals surface area contributed by atoms with Crippen molar-refractivity contribution < 1.29 is 9.18 Å². The maximum Gasteiger partial charge on any atom is 0.253 e. The van der Waals surface area contributed by atoms with E-state index in [9.17, 15) is 14.0 Å². The fourth-order valence-electron chi connectivity index (χ4n) is 2.20. The molecule has 1 aromatic carbocycles. The average molecular weight is 328 g/mol. The molecule has 116 valence electrons. The number of halogens is 1. The molecule has 2 aromatic heterocycles. The number of carbonyl (C=O) groups is 1. The number of rotatable bonds is 4. The summed E-state index contributed by atoms with van der Waals surface area (Å²) in [5, 5.41) is 4.83. The molecule has 4 nitrogen and oxygen atoms in total. The van der Waals surface area contributed by atoms with Crippen LogP contribution in [0.4, 0.5) is 4.39 Å². The molecule has 0 spiro atoms. The summed E-state index contributed by atoms with van der Waals surface area (Å²) in [5.41, 5.74) is 0.870. The Labute approximate surface area is 135 Å². The Morgan fingerprint density at radius 2 is 1.91 bits per heavy atom. The van der Waals surface area contributed by atoms with Crippen LogP contribution in [0.2, 0.25) is 0 Å². The molecule has 0 aliphatic rings. The zero-order valence-corrected chi connectivity index (χ0v) is 12.8. The van der Waals surface area contributed by atoms with Gasteiger partial charge in [0.15, 0.2) is 0 Å². The van der Waals surface area contributed by atoms with Crippen LogP contribution >= 0.6 is 11.3 Å². The largest absolute Gasteiger partial charge is 0.340 e. The number of hydrogen-bond donors (Lipinski definition) is 2. The lowest BCUT2D eigenvalue weighted by molar-refractivity contribution is 0.0943. The van der Waals surface area contributed by atoms with Gasteiger partial charge in [-0.15, -0.1) is 11.3 Å². The molecule has 1 amide bonds. The summed E-state index contributed by atoms with van der Waals surface area (Å²) in [7, 11) is 0. The van der Waals surface area contributed by atoms with E-state index in [-0.39, 0.29) is 23.3 Å². The Bertz CT molecular complexity index is 837. The molecule has 0 aliphatic carbocycles. The first-order valence-electron chi connectivity index (χ1n) is 6.92. The number of hydrogen-bond acceptors (Lipinski definition) is 3. The molecule has 23 heavy (non-hydrogen) atoms. The Morgan fingerprint density at radius 1 is 1.13 bits per heavy atom. The first kappa shape index (κ1) is 15.2. The van der Waals surface area contributed by atoms with Crippen LogP contribution in [0.1, 0.15) is 26.8 Å². The average Bonchev–Trinajstić information content (AvgIpc) is 3.08. The van der Waals surface area contributed by atoms with Gasteiger partial charge in [0.25, 0.3) is 5.91 Å². The lowest BCUT2D eigenvalue weighted by Gasteiger charge is -2.18. The Hall–Kier alpha value is -2.73. The molecule has 0 bridgehead atoms. The van der Waals surface area contributed by atoms with Gasteiger partial charge in [0.05, 0.1) is 11.6 Å². The summed E-state index contributed by atoms with van der Waals surface area (Å²) < 4.78 is 13.1. The third kappa shape index (κ3) is 3.54. The number of nitrogens with one attached hydrogen (secondary N) is 2. The van der Waals surface area contributed by atoms with Gasteiger partial charge in [-0.05, 0) is 35.2 Å². The standard InChI is InChI=1S/C17H13FN2O2S/c18-13-6-3-11(4-7-13)16(14-2-1-9-23-14)20-17(22)12-5-8-15(21)19-10-12/h1-10,16H,(H,19,21)(H,20,22)/t16-/m0/s1. The molecule has 0 radical (unpaired) electrons. The molecule has 2 heterocycles. The van der Waals surface area contributed by atoms with Gasteiger partial charge in [-0.2, -0.15) is 0 Å². The van der Waals surface area contributed by atoms with Crippen LogP contribution < -0.4 is 10.9 Å². The number of aromatic amines is 1. The highest BCUT2D eigenvalue weighted by Crippen LogP contribution is 2.26. The van der Waals surface area contributed by atoms with Gasteiger partial charge >= 0.3 is 0 Å². The fourth-order valence-corrected chi connectivity index (χ4v) is 3.00. The van der Waals surface area contributed by atoms with Crippen molar-refractivity contribution in [3.63, 3.8) is 0 Å². The van der Waals surface area contributed by atoms with Crippen LogP contribution in [0.5, 0.6) is 0 Å². The van der Waals surface area contributed by atoms with Crippen molar-refractivity contribution in [3.8, 4) is 0 Å². The van der Waals surface area contributed by atoms with Gasteiger partial charge in [0.1, 0.15) is 5.82 Å². The van der Waals surface area contributed by atoms with Crippen LogP contribution in [-0.2, 0) is 0 Å². The van der Waals surface area contributed by atoms with Crippen LogP contribution in [0, 0.1) is 5.82 Å². The zero-order chi connectivity index (χ0) is 16.2. The van der Waals surface area contributed by atoms with Crippen molar-refractivity contribution in [1.82, 2.24) is 10.3 Å². The Morgan fingerprint density at radius 3 is 2.52 bits per heavy atom. The van der Waals surface area contributed by atoms with Gasteiger partial charge in [-0.25, -0.2) is 4.39 Å². The predicted octanol–water partition coefficient (Wildman–Crippen LogP) is 3.09. The molecule has 0 fully saturated rings. The quantitative estimate of drug-likeness (QED) is 0.773. The second-order valence-electron chi connectivity index (χ2n) is 4.92. The van der Waals surface area contributed by atoms with Gasteiger partial charge in [-0.3, -0.25) is 9.59 Å². The maximum atomic E-state index is 13.1. The molecule has 3 aromatic rings. The van der Waals surface area contributed by atoms with Crippen LogP contribution in [0.3, 0.4) is 0 Å². The van der Waals surface area contributed by atoms with Gasteiger partial charge in [-0.1, -0.05) is 18.2 Å². The molecule has 0 aliphatic heterocycles. The highest BCUT2D eigenvalue weighted by molar-refractivity contribution is 7.10. The minimum atomic E-state index is -0.380. The summed E-state index contributed by atoms with van der Waals surface area (Å²) in [4.78, 5) is 26.9. The molecule has 0 saturated heterocycles. The molecule has 2 N–H and O–H groups in total. The summed E-state index contributed by atoms with van der Waals surface area (Å²) in [6.07, 6.45) is 1.37. The first-order chi connectivity index (χ1) is 11.1. The molecule has 3 rings (SSSR count). The van der Waals surface area contributed by atoms with Crippen LogP contribution in [-0.4, -0.2) is 10.9 Å².